The second-order valence-corrected chi connectivity index (χ2v) is 2.37. The van der Waals surface area contributed by atoms with Gasteiger partial charge in [0.2, 0.25) is 6.08 Å². The fourth-order valence-electron chi connectivity index (χ4n) is 0.287. The molecule has 0 rings (SSSR count). The Hall–Kier alpha value is -0.660. The smallest absolute Gasteiger partial charge is 0.235 e. The van der Waals surface area contributed by atoms with Crippen LogP contribution >= 0.6 is 0 Å². The quantitative estimate of drug-likeness (QED) is 0.416. The monoisotopic (exact) mass is 129 g/mol. The van der Waals surface area contributed by atoms with Gasteiger partial charge in [-0.2, -0.15) is 0 Å². The lowest BCUT2D eigenvalue weighted by molar-refractivity contribution is 0.0312. The molecular weight excluding hydrogens is 118 g/mol. The summed E-state index contributed by atoms with van der Waals surface area (Å²) in [5.74, 6) is 0. The van der Waals surface area contributed by atoms with Crippen molar-refractivity contribution >= 4 is 6.08 Å². The van der Waals surface area contributed by atoms with E-state index in [1.54, 1.807) is 7.11 Å². The van der Waals surface area contributed by atoms with E-state index >= 15 is 0 Å². The Morgan fingerprint density at radius 3 is 2.56 bits per heavy atom. The number of methoxy groups -OCH3 is 1. The Labute approximate surface area is 54.7 Å². The highest BCUT2D eigenvalue weighted by Crippen LogP contribution is 2.05. The van der Waals surface area contributed by atoms with Gasteiger partial charge in [-0.25, -0.2) is 9.79 Å². The van der Waals surface area contributed by atoms with Crippen LogP contribution in [0.3, 0.4) is 0 Å². The van der Waals surface area contributed by atoms with E-state index in [2.05, 4.69) is 4.99 Å². The summed E-state index contributed by atoms with van der Waals surface area (Å²) in [7, 11) is 1.58. The summed E-state index contributed by atoms with van der Waals surface area (Å²) >= 11 is 0. The molecule has 0 radical (unpaired) electrons. The van der Waals surface area contributed by atoms with Gasteiger partial charge in [-0.05, 0) is 13.8 Å². The summed E-state index contributed by atoms with van der Waals surface area (Å²) in [6, 6.07) is 0. The van der Waals surface area contributed by atoms with Crippen molar-refractivity contribution in [1.82, 2.24) is 0 Å². The first kappa shape index (κ1) is 8.34. The first-order chi connectivity index (χ1) is 4.12. The summed E-state index contributed by atoms with van der Waals surface area (Å²) < 4.78 is 4.97. The van der Waals surface area contributed by atoms with Crippen LogP contribution in [0.1, 0.15) is 13.8 Å². The van der Waals surface area contributed by atoms with Crippen LogP contribution in [0.25, 0.3) is 0 Å². The van der Waals surface area contributed by atoms with Crippen molar-refractivity contribution in [3.8, 4) is 0 Å². The summed E-state index contributed by atoms with van der Waals surface area (Å²) in [6.07, 6.45) is 1.45. The van der Waals surface area contributed by atoms with Crippen LogP contribution in [0.5, 0.6) is 0 Å². The van der Waals surface area contributed by atoms with Crippen molar-refractivity contribution in [2.45, 2.75) is 19.4 Å². The number of hydrogen-bond donors (Lipinski definition) is 0. The summed E-state index contributed by atoms with van der Waals surface area (Å²) in [6.45, 7) is 4.08. The zero-order valence-electron chi connectivity index (χ0n) is 5.97. The molecule has 0 spiro atoms. The van der Waals surface area contributed by atoms with Crippen molar-refractivity contribution in [3.05, 3.63) is 0 Å². The molecular formula is C6H11NO2. The van der Waals surface area contributed by atoms with E-state index in [4.69, 9.17) is 4.74 Å². The molecule has 0 fully saturated rings. The molecule has 0 aromatic rings. The topological polar surface area (TPSA) is 38.7 Å². The number of isocyanates is 1. The lowest BCUT2D eigenvalue weighted by Crippen LogP contribution is -2.25. The Balaban J connectivity index is 3.71. The Morgan fingerprint density at radius 1 is 1.67 bits per heavy atom. The number of nitrogens with zero attached hydrogens (tertiary/aromatic N) is 1. The van der Waals surface area contributed by atoms with Gasteiger partial charge in [-0.15, -0.1) is 0 Å². The molecule has 0 aliphatic rings. The van der Waals surface area contributed by atoms with E-state index in [9.17, 15) is 4.79 Å². The van der Waals surface area contributed by atoms with Crippen LogP contribution < -0.4 is 0 Å². The number of ether oxygens (including phenoxy) is 1. The minimum absolute atomic E-state index is 0.336. The minimum Gasteiger partial charge on any atom is -0.377 e. The molecule has 0 aromatic heterocycles. The molecule has 0 heterocycles. The Bertz CT molecular complexity index is 125. The van der Waals surface area contributed by atoms with Crippen LogP contribution in [0.4, 0.5) is 0 Å². The Morgan fingerprint density at radius 2 is 2.22 bits per heavy atom. The lowest BCUT2D eigenvalue weighted by atomic mass is 10.1. The Kier molecular flexibility index (Phi) is 3.13. The maximum absolute atomic E-state index is 9.62. The van der Waals surface area contributed by atoms with Gasteiger partial charge in [0.25, 0.3) is 0 Å². The van der Waals surface area contributed by atoms with Crippen LogP contribution in [0.15, 0.2) is 4.99 Å². The van der Waals surface area contributed by atoms with Crippen molar-refractivity contribution in [1.29, 1.82) is 0 Å². The van der Waals surface area contributed by atoms with Gasteiger partial charge in [-0.1, -0.05) is 0 Å². The van der Waals surface area contributed by atoms with E-state index in [-0.39, 0.29) is 5.60 Å². The average molecular weight is 129 g/mol. The molecule has 0 unspecified atom stereocenters. The molecule has 3 nitrogen and oxygen atoms in total. The second-order valence-electron chi connectivity index (χ2n) is 2.37. The van der Waals surface area contributed by atoms with Gasteiger partial charge in [0, 0.05) is 7.11 Å². The standard InChI is InChI=1S/C6H11NO2/c1-6(2,9-3)4-7-5-8/h4H2,1-3H3. The van der Waals surface area contributed by atoms with Gasteiger partial charge in [0.05, 0.1) is 12.1 Å². The first-order valence-electron chi connectivity index (χ1n) is 2.71. The largest absolute Gasteiger partial charge is 0.377 e. The zero-order chi connectivity index (χ0) is 7.33. The van der Waals surface area contributed by atoms with Gasteiger partial charge in [0.15, 0.2) is 0 Å². The van der Waals surface area contributed by atoms with Crippen molar-refractivity contribution < 1.29 is 9.53 Å². The first-order valence-corrected chi connectivity index (χ1v) is 2.71. The number of aliphatic imine (C=N–C) groups is 1. The molecule has 0 saturated heterocycles. The fourth-order valence-corrected chi connectivity index (χ4v) is 0.287. The predicted octanol–water partition coefficient (Wildman–Crippen LogP) is 0.747. The molecule has 52 valence electrons. The number of carbonyl (C=O) groups excluding carboxylic acids is 1. The molecule has 0 N–H and O–H groups in total. The molecule has 0 aromatic carbocycles. The summed E-state index contributed by atoms with van der Waals surface area (Å²) in [5.41, 5.74) is -0.336. The molecule has 0 atom stereocenters. The average Bonchev–Trinajstić information content (AvgIpc) is 1.84. The molecule has 0 amide bonds. The van der Waals surface area contributed by atoms with Crippen molar-refractivity contribution in [2.75, 3.05) is 13.7 Å². The highest BCUT2D eigenvalue weighted by Gasteiger charge is 2.14. The third kappa shape index (κ3) is 3.88. The van der Waals surface area contributed by atoms with E-state index in [1.165, 1.54) is 6.08 Å². The van der Waals surface area contributed by atoms with E-state index < -0.39 is 0 Å². The van der Waals surface area contributed by atoms with Crippen LogP contribution in [-0.4, -0.2) is 25.3 Å². The van der Waals surface area contributed by atoms with Crippen LogP contribution in [0.2, 0.25) is 0 Å². The molecule has 0 saturated carbocycles. The number of hydrogen-bond acceptors (Lipinski definition) is 3. The van der Waals surface area contributed by atoms with Gasteiger partial charge >= 0.3 is 0 Å². The molecule has 0 bridgehead atoms. The van der Waals surface area contributed by atoms with Crippen LogP contribution in [-0.2, 0) is 9.53 Å². The molecule has 9 heavy (non-hydrogen) atoms. The van der Waals surface area contributed by atoms with E-state index in [0.717, 1.165) is 0 Å². The zero-order valence-corrected chi connectivity index (χ0v) is 5.97. The van der Waals surface area contributed by atoms with Gasteiger partial charge < -0.3 is 4.74 Å². The molecule has 0 aliphatic heterocycles. The fraction of sp³-hybridized carbons (Fsp3) is 0.833. The second kappa shape index (κ2) is 3.38. The molecule has 0 aliphatic carbocycles. The summed E-state index contributed by atoms with van der Waals surface area (Å²) in [5, 5.41) is 0. The van der Waals surface area contributed by atoms with E-state index in [0.29, 0.717) is 6.54 Å². The highest BCUT2D eigenvalue weighted by molar-refractivity contribution is 5.33. The van der Waals surface area contributed by atoms with E-state index in [1.807, 2.05) is 13.8 Å². The normalized spacial score (nSPS) is 10.6. The minimum atomic E-state index is -0.336. The van der Waals surface area contributed by atoms with Crippen molar-refractivity contribution in [3.63, 3.8) is 0 Å². The number of rotatable bonds is 3. The van der Waals surface area contributed by atoms with Gasteiger partial charge in [-0.3, -0.25) is 0 Å². The maximum Gasteiger partial charge on any atom is 0.235 e. The maximum atomic E-state index is 9.62. The molecule has 3 heteroatoms. The SMILES string of the molecule is COC(C)(C)CN=C=O. The summed E-state index contributed by atoms with van der Waals surface area (Å²) in [4.78, 5) is 13.0. The van der Waals surface area contributed by atoms with Crippen molar-refractivity contribution in [2.24, 2.45) is 4.99 Å². The third-order valence-corrected chi connectivity index (χ3v) is 1.08. The predicted molar refractivity (Wildman–Crippen MR) is 34.1 cm³/mol. The van der Waals surface area contributed by atoms with Crippen LogP contribution in [0, 0.1) is 0 Å². The third-order valence-electron chi connectivity index (χ3n) is 1.08. The van der Waals surface area contributed by atoms with Gasteiger partial charge in [0.1, 0.15) is 0 Å². The lowest BCUT2D eigenvalue weighted by Gasteiger charge is -2.18. The highest BCUT2D eigenvalue weighted by atomic mass is 16.5.